The van der Waals surface area contributed by atoms with Crippen molar-refractivity contribution in [3.63, 3.8) is 0 Å². The summed E-state index contributed by atoms with van der Waals surface area (Å²) in [5, 5.41) is 0. The SMILES string of the molecule is COc1cccc(C(=O)[C@@H]2CCCN(C(=O)c3cccc(F)c3OC)C2)c1. The first-order chi connectivity index (χ1) is 13.0. The normalized spacial score (nSPS) is 16.7. The van der Waals surface area contributed by atoms with Crippen LogP contribution in [0, 0.1) is 11.7 Å². The Balaban J connectivity index is 1.79. The van der Waals surface area contributed by atoms with Crippen molar-refractivity contribution in [3.8, 4) is 11.5 Å². The van der Waals surface area contributed by atoms with Gasteiger partial charge in [-0.05, 0) is 37.1 Å². The van der Waals surface area contributed by atoms with Crippen LogP contribution in [0.4, 0.5) is 4.39 Å². The second-order valence-electron chi connectivity index (χ2n) is 6.51. The number of methoxy groups -OCH3 is 2. The number of rotatable bonds is 5. The maximum Gasteiger partial charge on any atom is 0.257 e. The van der Waals surface area contributed by atoms with E-state index < -0.39 is 5.82 Å². The highest BCUT2D eigenvalue weighted by Crippen LogP contribution is 2.27. The van der Waals surface area contributed by atoms with Crippen LogP contribution in [0.5, 0.6) is 11.5 Å². The van der Waals surface area contributed by atoms with Crippen molar-refractivity contribution in [1.82, 2.24) is 4.90 Å². The minimum Gasteiger partial charge on any atom is -0.497 e. The van der Waals surface area contributed by atoms with E-state index >= 15 is 0 Å². The third-order valence-corrected chi connectivity index (χ3v) is 4.84. The minimum absolute atomic E-state index is 0.0161. The molecule has 0 unspecified atom stereocenters. The van der Waals surface area contributed by atoms with E-state index in [1.165, 1.54) is 25.3 Å². The number of carbonyl (C=O) groups is 2. The predicted octanol–water partition coefficient (Wildman–Crippen LogP) is 3.58. The molecule has 142 valence electrons. The van der Waals surface area contributed by atoms with E-state index in [0.717, 1.165) is 0 Å². The van der Waals surface area contributed by atoms with Crippen LogP contribution in [-0.2, 0) is 0 Å². The number of para-hydroxylation sites is 1. The maximum absolute atomic E-state index is 13.9. The number of Topliss-reactive ketones (excluding diaryl/α,β-unsaturated/α-hetero) is 1. The minimum atomic E-state index is -0.579. The molecule has 1 aliphatic heterocycles. The molecule has 1 fully saturated rings. The number of benzene rings is 2. The van der Waals surface area contributed by atoms with Crippen LogP contribution >= 0.6 is 0 Å². The lowest BCUT2D eigenvalue weighted by Gasteiger charge is -2.32. The first kappa shape index (κ1) is 18.9. The molecule has 0 N–H and O–H groups in total. The molecule has 0 aromatic heterocycles. The van der Waals surface area contributed by atoms with Gasteiger partial charge in [-0.1, -0.05) is 18.2 Å². The largest absolute Gasteiger partial charge is 0.497 e. The van der Waals surface area contributed by atoms with Crippen LogP contribution in [-0.4, -0.2) is 43.9 Å². The fourth-order valence-corrected chi connectivity index (χ4v) is 3.44. The van der Waals surface area contributed by atoms with E-state index in [2.05, 4.69) is 0 Å². The molecule has 1 aliphatic rings. The number of amides is 1. The summed E-state index contributed by atoms with van der Waals surface area (Å²) >= 11 is 0. The number of likely N-dealkylation sites (tertiary alicyclic amines) is 1. The number of halogens is 1. The van der Waals surface area contributed by atoms with Crippen LogP contribution in [0.2, 0.25) is 0 Å². The van der Waals surface area contributed by atoms with Gasteiger partial charge in [-0.25, -0.2) is 4.39 Å². The van der Waals surface area contributed by atoms with Gasteiger partial charge in [0.15, 0.2) is 17.3 Å². The molecule has 0 bridgehead atoms. The number of piperidine rings is 1. The zero-order valence-electron chi connectivity index (χ0n) is 15.4. The number of ketones is 1. The van der Waals surface area contributed by atoms with E-state index in [-0.39, 0.29) is 28.9 Å². The van der Waals surface area contributed by atoms with Gasteiger partial charge < -0.3 is 14.4 Å². The zero-order chi connectivity index (χ0) is 19.4. The number of hydrogen-bond acceptors (Lipinski definition) is 4. The van der Waals surface area contributed by atoms with Gasteiger partial charge in [0.25, 0.3) is 5.91 Å². The molecular formula is C21H22FNO4. The number of nitrogens with zero attached hydrogens (tertiary/aromatic N) is 1. The fourth-order valence-electron chi connectivity index (χ4n) is 3.44. The standard InChI is InChI=1S/C21H22FNO4/c1-26-16-8-3-6-14(12-16)19(24)15-7-5-11-23(13-15)21(25)17-9-4-10-18(22)20(17)27-2/h3-4,6,8-10,12,15H,5,7,11,13H2,1-2H3/t15-/m1/s1. The highest BCUT2D eigenvalue weighted by Gasteiger charge is 2.31. The molecule has 2 aromatic carbocycles. The first-order valence-corrected chi connectivity index (χ1v) is 8.85. The summed E-state index contributed by atoms with van der Waals surface area (Å²) in [4.78, 5) is 27.4. The van der Waals surface area contributed by atoms with Crippen molar-refractivity contribution in [2.75, 3.05) is 27.3 Å². The van der Waals surface area contributed by atoms with Gasteiger partial charge in [0.1, 0.15) is 5.75 Å². The van der Waals surface area contributed by atoms with Crippen molar-refractivity contribution in [1.29, 1.82) is 0 Å². The Bertz CT molecular complexity index is 852. The summed E-state index contributed by atoms with van der Waals surface area (Å²) in [7, 11) is 2.89. The van der Waals surface area contributed by atoms with Crippen LogP contribution in [0.1, 0.15) is 33.6 Å². The second-order valence-corrected chi connectivity index (χ2v) is 6.51. The lowest BCUT2D eigenvalue weighted by atomic mass is 9.89. The van der Waals surface area contributed by atoms with Gasteiger partial charge in [-0.3, -0.25) is 9.59 Å². The van der Waals surface area contributed by atoms with E-state index in [9.17, 15) is 14.0 Å². The molecule has 1 amide bonds. The molecule has 0 radical (unpaired) electrons. The Morgan fingerprint density at radius 1 is 1.11 bits per heavy atom. The van der Waals surface area contributed by atoms with Gasteiger partial charge in [0, 0.05) is 24.6 Å². The average Bonchev–Trinajstić information content (AvgIpc) is 2.72. The summed E-state index contributed by atoms with van der Waals surface area (Å²) in [6, 6.07) is 11.3. The summed E-state index contributed by atoms with van der Waals surface area (Å²) in [6.45, 7) is 0.828. The third kappa shape index (κ3) is 3.94. The molecule has 2 aromatic rings. The molecule has 0 saturated carbocycles. The Hall–Kier alpha value is -2.89. The van der Waals surface area contributed by atoms with Crippen LogP contribution in [0.25, 0.3) is 0 Å². The number of ether oxygens (including phenoxy) is 2. The number of hydrogen-bond donors (Lipinski definition) is 0. The van der Waals surface area contributed by atoms with Crippen LogP contribution in [0.3, 0.4) is 0 Å². The zero-order valence-corrected chi connectivity index (χ0v) is 15.4. The average molecular weight is 371 g/mol. The highest BCUT2D eigenvalue weighted by atomic mass is 19.1. The molecule has 1 saturated heterocycles. The van der Waals surface area contributed by atoms with E-state index in [0.29, 0.717) is 37.2 Å². The Morgan fingerprint density at radius 2 is 1.89 bits per heavy atom. The van der Waals surface area contributed by atoms with Crippen molar-refractivity contribution >= 4 is 11.7 Å². The smallest absolute Gasteiger partial charge is 0.257 e. The molecule has 1 heterocycles. The van der Waals surface area contributed by atoms with Gasteiger partial charge in [-0.15, -0.1) is 0 Å². The summed E-state index contributed by atoms with van der Waals surface area (Å²) in [5.74, 6) is -0.663. The molecule has 0 aliphatic carbocycles. The quantitative estimate of drug-likeness (QED) is 0.754. The van der Waals surface area contributed by atoms with Crippen molar-refractivity contribution in [2.45, 2.75) is 12.8 Å². The van der Waals surface area contributed by atoms with Crippen molar-refractivity contribution in [2.24, 2.45) is 5.92 Å². The van der Waals surface area contributed by atoms with Crippen molar-refractivity contribution < 1.29 is 23.5 Å². The Kier molecular flexibility index (Phi) is 5.74. The summed E-state index contributed by atoms with van der Waals surface area (Å²) in [5.41, 5.74) is 0.740. The lowest BCUT2D eigenvalue weighted by molar-refractivity contribution is 0.0633. The lowest BCUT2D eigenvalue weighted by Crippen LogP contribution is -2.42. The Labute approximate surface area is 157 Å². The van der Waals surface area contributed by atoms with Crippen molar-refractivity contribution in [3.05, 3.63) is 59.4 Å². The molecule has 1 atom stereocenters. The van der Waals surface area contributed by atoms with Gasteiger partial charge >= 0.3 is 0 Å². The van der Waals surface area contributed by atoms with Gasteiger partial charge in [-0.2, -0.15) is 0 Å². The molecular weight excluding hydrogens is 349 g/mol. The summed E-state index contributed by atoms with van der Waals surface area (Å²) in [6.07, 6.45) is 1.42. The fraction of sp³-hybridized carbons (Fsp3) is 0.333. The molecule has 0 spiro atoms. The summed E-state index contributed by atoms with van der Waals surface area (Å²) < 4.78 is 24.1. The van der Waals surface area contributed by atoms with Crippen LogP contribution < -0.4 is 9.47 Å². The van der Waals surface area contributed by atoms with Gasteiger partial charge in [0.05, 0.1) is 19.8 Å². The highest BCUT2D eigenvalue weighted by molar-refractivity contribution is 6.00. The number of carbonyl (C=O) groups excluding carboxylic acids is 2. The first-order valence-electron chi connectivity index (χ1n) is 8.85. The van der Waals surface area contributed by atoms with E-state index in [4.69, 9.17) is 9.47 Å². The molecule has 6 heteroatoms. The van der Waals surface area contributed by atoms with Crippen LogP contribution in [0.15, 0.2) is 42.5 Å². The third-order valence-electron chi connectivity index (χ3n) is 4.84. The molecule has 27 heavy (non-hydrogen) atoms. The predicted molar refractivity (Wildman–Crippen MR) is 98.9 cm³/mol. The maximum atomic E-state index is 13.9. The second kappa shape index (κ2) is 8.20. The molecule has 3 rings (SSSR count). The Morgan fingerprint density at radius 3 is 2.63 bits per heavy atom. The topological polar surface area (TPSA) is 55.8 Å². The van der Waals surface area contributed by atoms with E-state index in [1.807, 2.05) is 0 Å². The molecule has 5 nitrogen and oxygen atoms in total. The van der Waals surface area contributed by atoms with E-state index in [1.54, 1.807) is 36.3 Å². The monoisotopic (exact) mass is 371 g/mol. The van der Waals surface area contributed by atoms with Gasteiger partial charge in [0.2, 0.25) is 0 Å².